The Morgan fingerprint density at radius 2 is 0.649 bits per heavy atom. The number of rotatable bonds is 21. The molecule has 4 aromatic heterocycles. The molecule has 0 bridgehead atoms. The van der Waals surface area contributed by atoms with Crippen LogP contribution in [0.25, 0.3) is 66.4 Å². The van der Waals surface area contributed by atoms with Gasteiger partial charge < -0.3 is 34.5 Å². The molecule has 4 aliphatic rings. The third-order valence-corrected chi connectivity index (χ3v) is 21.1. The molecule has 2 N–H and O–H groups in total. The first-order valence-corrected chi connectivity index (χ1v) is 39.8. The molecule has 8 heterocycles. The molecule has 0 spiro atoms. The normalized spacial score (nSPS) is 15.8. The van der Waals surface area contributed by atoms with E-state index in [0.29, 0.717) is 108 Å². The van der Waals surface area contributed by atoms with E-state index in [1.165, 1.54) is 0 Å². The van der Waals surface area contributed by atoms with Crippen molar-refractivity contribution in [1.29, 1.82) is 5.26 Å². The van der Waals surface area contributed by atoms with Crippen molar-refractivity contribution in [2.75, 3.05) is 145 Å². The van der Waals surface area contributed by atoms with Crippen molar-refractivity contribution in [2.45, 2.75) is 66.7 Å². The maximum Gasteiger partial charge on any atom is 0.266 e. The summed E-state index contributed by atoms with van der Waals surface area (Å²) in [6.45, 7) is 30.6. The minimum atomic E-state index is -0.0918. The van der Waals surface area contributed by atoms with Gasteiger partial charge in [0.2, 0.25) is 0 Å². The summed E-state index contributed by atoms with van der Waals surface area (Å²) in [5.41, 5.74) is 5.57. The molecule has 592 valence electrons. The molecule has 4 saturated heterocycles. The van der Waals surface area contributed by atoms with E-state index in [0.717, 1.165) is 156 Å². The number of aromatic nitrogens is 8. The van der Waals surface area contributed by atoms with Gasteiger partial charge in [0.05, 0.1) is 131 Å². The lowest BCUT2D eigenvalue weighted by Crippen LogP contribution is -2.46. The van der Waals surface area contributed by atoms with E-state index in [9.17, 15) is 19.2 Å². The minimum Gasteiger partial charge on any atom is -0.492 e. The fourth-order valence-corrected chi connectivity index (χ4v) is 15.2. The van der Waals surface area contributed by atoms with E-state index in [4.69, 9.17) is 44.1 Å². The zero-order valence-corrected chi connectivity index (χ0v) is 66.4. The summed E-state index contributed by atoms with van der Waals surface area (Å²) in [6.07, 6.45) is 0. The first-order valence-electron chi connectivity index (χ1n) is 39.8. The van der Waals surface area contributed by atoms with Gasteiger partial charge in [-0.05, 0) is 146 Å². The Hall–Kier alpha value is -11.3. The van der Waals surface area contributed by atoms with Gasteiger partial charge in [-0.15, -0.1) is 0 Å². The Morgan fingerprint density at radius 3 is 1.01 bits per heavy atom. The van der Waals surface area contributed by atoms with Gasteiger partial charge in [0.1, 0.15) is 46.3 Å². The van der Waals surface area contributed by atoms with Gasteiger partial charge in [-0.25, -0.2) is 19.9 Å². The van der Waals surface area contributed by atoms with Crippen LogP contribution < -0.4 is 51.8 Å². The second-order valence-electron chi connectivity index (χ2n) is 28.4. The van der Waals surface area contributed by atoms with E-state index in [-0.39, 0.29) is 34.3 Å². The number of nitriles is 1. The fraction of sp³-hybridized carbons (Fsp3) is 0.360. The molecule has 0 saturated carbocycles. The van der Waals surface area contributed by atoms with Gasteiger partial charge in [-0.2, -0.15) is 5.26 Å². The number of ether oxygens (including phenoxy) is 4. The largest absolute Gasteiger partial charge is 0.492 e. The highest BCUT2D eigenvalue weighted by Crippen LogP contribution is 2.32. The second kappa shape index (κ2) is 39.0. The first kappa shape index (κ1) is 80.7. The van der Waals surface area contributed by atoms with Gasteiger partial charge in [0.25, 0.3) is 22.2 Å². The molecule has 4 aliphatic heterocycles. The molecule has 12 aromatic rings. The highest BCUT2D eigenvalue weighted by atomic mass is 16.5. The van der Waals surface area contributed by atoms with Crippen LogP contribution in [0.15, 0.2) is 213 Å². The van der Waals surface area contributed by atoms with Crippen molar-refractivity contribution < 1.29 is 18.9 Å². The Labute approximate surface area is 664 Å². The summed E-state index contributed by atoms with van der Waals surface area (Å²) in [4.78, 5) is 87.4. The minimum absolute atomic E-state index is 0.00842. The van der Waals surface area contributed by atoms with Crippen LogP contribution in [-0.4, -0.2) is 212 Å². The number of likely N-dealkylation sites (N-methyl/N-ethyl adjacent to an activating group) is 1. The second-order valence-corrected chi connectivity index (χ2v) is 28.4. The molecule has 0 amide bonds. The van der Waals surface area contributed by atoms with Crippen LogP contribution >= 0.6 is 0 Å². The predicted octanol–water partition coefficient (Wildman–Crippen LogP) is 10.5. The fourth-order valence-electron chi connectivity index (χ4n) is 15.2. The summed E-state index contributed by atoms with van der Waals surface area (Å²) >= 11 is 0. The van der Waals surface area contributed by atoms with E-state index < -0.39 is 0 Å². The number of nitrogens with zero attached hydrogens (tertiary/aromatic N) is 15. The summed E-state index contributed by atoms with van der Waals surface area (Å²) < 4.78 is 30.2. The maximum atomic E-state index is 13.6. The molecule has 2 unspecified atom stereocenters. The van der Waals surface area contributed by atoms with Crippen LogP contribution in [0.2, 0.25) is 0 Å². The highest BCUT2D eigenvalue weighted by Gasteiger charge is 2.30. The number of hydrogen-bond acceptors (Lipinski definition) is 21. The van der Waals surface area contributed by atoms with Crippen LogP contribution in [0.4, 0.5) is 0 Å². The molecule has 16 rings (SSSR count). The van der Waals surface area contributed by atoms with E-state index >= 15 is 0 Å². The monoisotopic (exact) mass is 1540 g/mol. The van der Waals surface area contributed by atoms with Crippen LogP contribution in [0.3, 0.4) is 0 Å². The third kappa shape index (κ3) is 18.6. The number of fused-ring (bicyclic) bond motifs is 4. The smallest absolute Gasteiger partial charge is 0.266 e. The number of nitrogens with one attached hydrogen (secondary N) is 2. The number of benzene rings is 8. The van der Waals surface area contributed by atoms with Gasteiger partial charge in [0, 0.05) is 105 Å². The van der Waals surface area contributed by atoms with Crippen LogP contribution in [0.1, 0.15) is 76.9 Å². The summed E-state index contributed by atoms with van der Waals surface area (Å²) in [5.74, 6) is 5.69. The van der Waals surface area contributed by atoms with Gasteiger partial charge >= 0.3 is 0 Å². The van der Waals surface area contributed by atoms with Crippen LogP contribution in [0.5, 0.6) is 23.0 Å². The molecule has 25 nitrogen and oxygen atoms in total. The zero-order valence-electron chi connectivity index (χ0n) is 66.4. The molecule has 4 fully saturated rings. The summed E-state index contributed by atoms with van der Waals surface area (Å²) in [7, 11) is 2.14. The average molecular weight is 1540 g/mol. The number of para-hydroxylation sites is 12. The van der Waals surface area contributed by atoms with Gasteiger partial charge in [0.15, 0.2) is 0 Å². The maximum absolute atomic E-state index is 13.6. The zero-order chi connectivity index (χ0) is 79.5. The molecular weight excluding hydrogens is 1440 g/mol. The molecule has 0 aliphatic carbocycles. The summed E-state index contributed by atoms with van der Waals surface area (Å²) in [6, 6.07) is 63.0. The molecule has 114 heavy (non-hydrogen) atoms. The van der Waals surface area contributed by atoms with E-state index in [2.05, 4.69) is 67.0 Å². The Balaban J connectivity index is 0.000000133. The van der Waals surface area contributed by atoms with Crippen LogP contribution in [-0.2, 0) is 13.1 Å². The van der Waals surface area contributed by atoms with Crippen molar-refractivity contribution in [1.82, 2.24) is 78.2 Å². The molecule has 0 radical (unpaired) electrons. The van der Waals surface area contributed by atoms with Crippen molar-refractivity contribution in [3.63, 3.8) is 0 Å². The topological polar surface area (TPSA) is 244 Å². The number of piperazine rings is 4. The van der Waals surface area contributed by atoms with E-state index in [1.807, 2.05) is 222 Å². The highest BCUT2D eigenvalue weighted by molar-refractivity contribution is 5.81. The summed E-state index contributed by atoms with van der Waals surface area (Å²) in [5, 5.41) is 18.1. The molecule has 8 aromatic carbocycles. The van der Waals surface area contributed by atoms with Crippen molar-refractivity contribution in [2.24, 2.45) is 0 Å². The molecule has 2 atom stereocenters. The van der Waals surface area contributed by atoms with Gasteiger partial charge in [-0.1, -0.05) is 97.1 Å². The molecular formula is C89H103N17O8. The van der Waals surface area contributed by atoms with Crippen molar-refractivity contribution in [3.05, 3.63) is 259 Å². The lowest BCUT2D eigenvalue weighted by Gasteiger charge is -2.36. The van der Waals surface area contributed by atoms with Gasteiger partial charge in [-0.3, -0.25) is 61.9 Å². The lowest BCUT2D eigenvalue weighted by atomic mass is 10.1. The number of hydrogen-bond donors (Lipinski definition) is 2. The first-order chi connectivity index (χ1) is 55.8. The van der Waals surface area contributed by atoms with Crippen LogP contribution in [0, 0.1) is 11.3 Å². The lowest BCUT2D eigenvalue weighted by molar-refractivity contribution is 0.114. The Bertz CT molecular complexity index is 5560. The Morgan fingerprint density at radius 1 is 0.360 bits per heavy atom. The standard InChI is InChI=1S/C23H25N5O2.C23H28N4O2.C22H26N4O2.C21H24N4O2/c1-2-30-21-10-6-5-9-20(21)28-22(17-27-15-13-26(12-11-24)14-16-27)25-19-8-4-3-7-18(19)23(28)29;1-4-29-21-12-8-7-11-20(21)27-22(17(2)26-15-13-25(3)14-16-26)24-19-10-6-5-9-18(19)23(27)28;1-3-28-20-11-7-6-10-19(20)26-21(16(2)25-14-12-23-13-15-25)24-18-9-5-4-8-17(18)22(26)27;1-2-27-19-10-6-5-9-18(19)25-20(15-24-13-11-22-12-14-24)23-17-8-4-3-7-16(17)21(25)26/h3-10H,2,12-17H2,1H3;5-12,17H,4,13-16H2,1-3H3;4-11,16,23H,3,12-15H2,1-2H3;3-10,22H,2,11-15H2,1H3. The van der Waals surface area contributed by atoms with Crippen molar-refractivity contribution >= 4 is 43.6 Å². The quantitative estimate of drug-likeness (QED) is 0.0635. The third-order valence-electron chi connectivity index (χ3n) is 21.1. The molecule has 25 heteroatoms. The average Bonchev–Trinajstić information content (AvgIpc) is 0.797. The Kier molecular flexibility index (Phi) is 27.6. The van der Waals surface area contributed by atoms with E-state index in [1.54, 1.807) is 18.3 Å². The van der Waals surface area contributed by atoms with Crippen molar-refractivity contribution in [3.8, 4) is 51.8 Å². The SMILES string of the molecule is CCOc1ccccc1-n1c(C(C)N2CCN(C)CC2)nc2ccccc2c1=O.CCOc1ccccc1-n1c(C(C)N2CCNCC2)nc2ccccc2c1=O.CCOc1ccccc1-n1c(CN2CCN(CC#N)CC2)nc2ccccc2c1=O.CCOc1ccccc1-n1c(CN2CCNCC2)nc2ccccc2c1=O. The predicted molar refractivity (Wildman–Crippen MR) is 450 cm³/mol.